The minimum Gasteiger partial charge on any atom is -0.328 e. The van der Waals surface area contributed by atoms with E-state index < -0.39 is 11.7 Å². The number of nitrogens with zero attached hydrogens (tertiary/aromatic N) is 3. The Morgan fingerprint density at radius 1 is 1.14 bits per heavy atom. The van der Waals surface area contributed by atoms with Gasteiger partial charge < -0.3 is 5.73 Å². The van der Waals surface area contributed by atoms with E-state index in [1.807, 2.05) is 6.92 Å². The summed E-state index contributed by atoms with van der Waals surface area (Å²) >= 11 is 1.10. The molecule has 0 aliphatic rings. The van der Waals surface area contributed by atoms with E-state index in [9.17, 15) is 13.2 Å². The third-order valence-electron chi connectivity index (χ3n) is 2.50. The quantitative estimate of drug-likeness (QED) is 0.879. The van der Waals surface area contributed by atoms with Crippen LogP contribution in [0, 0.1) is 0 Å². The summed E-state index contributed by atoms with van der Waals surface area (Å²) < 4.78 is 37.2. The lowest BCUT2D eigenvalue weighted by molar-refractivity contribution is -0.137. The molecule has 2 rings (SSSR count). The summed E-state index contributed by atoms with van der Waals surface area (Å²) in [6, 6.07) is 2.30. The van der Waals surface area contributed by atoms with Gasteiger partial charge in [-0.05, 0) is 42.8 Å². The Balaban J connectivity index is 2.04. The monoisotopic (exact) mass is 314 g/mol. The van der Waals surface area contributed by atoms with E-state index in [0.717, 1.165) is 29.6 Å². The molecule has 21 heavy (non-hydrogen) atoms. The lowest BCUT2D eigenvalue weighted by atomic mass is 10.1. The van der Waals surface area contributed by atoms with Crippen molar-refractivity contribution in [2.24, 2.45) is 5.73 Å². The Kier molecular flexibility index (Phi) is 4.79. The maximum absolute atomic E-state index is 12.4. The average molecular weight is 314 g/mol. The van der Waals surface area contributed by atoms with Crippen molar-refractivity contribution in [1.82, 2.24) is 15.0 Å². The number of halogens is 3. The number of alkyl halides is 3. The number of pyridine rings is 1. The van der Waals surface area contributed by atoms with Crippen molar-refractivity contribution < 1.29 is 13.2 Å². The maximum atomic E-state index is 12.4. The highest BCUT2D eigenvalue weighted by Gasteiger charge is 2.30. The second kappa shape index (κ2) is 6.40. The van der Waals surface area contributed by atoms with Gasteiger partial charge in [0.1, 0.15) is 5.03 Å². The minimum absolute atomic E-state index is 0.0173. The van der Waals surface area contributed by atoms with Crippen molar-refractivity contribution in [3.8, 4) is 0 Å². The maximum Gasteiger partial charge on any atom is 0.417 e. The Bertz CT molecular complexity index is 582. The van der Waals surface area contributed by atoms with Gasteiger partial charge >= 0.3 is 6.18 Å². The van der Waals surface area contributed by atoms with Crippen molar-refractivity contribution in [1.29, 1.82) is 0 Å². The molecule has 0 aliphatic heterocycles. The number of aromatic nitrogens is 3. The van der Waals surface area contributed by atoms with Gasteiger partial charge in [0.25, 0.3) is 0 Å². The Labute approximate surface area is 124 Å². The molecule has 2 heterocycles. The van der Waals surface area contributed by atoms with Crippen LogP contribution in [-0.2, 0) is 12.6 Å². The van der Waals surface area contributed by atoms with Gasteiger partial charge in [-0.25, -0.2) is 15.0 Å². The molecule has 0 saturated heterocycles. The first-order valence-corrected chi connectivity index (χ1v) is 6.94. The second-order valence-corrected chi connectivity index (χ2v) is 5.53. The largest absolute Gasteiger partial charge is 0.417 e. The van der Waals surface area contributed by atoms with Gasteiger partial charge in [-0.3, -0.25) is 0 Å². The Hall–Kier alpha value is -1.67. The summed E-state index contributed by atoms with van der Waals surface area (Å²) in [5, 5.41) is 0.832. The minimum atomic E-state index is -4.38. The molecule has 2 N–H and O–H groups in total. The zero-order valence-corrected chi connectivity index (χ0v) is 11.9. The van der Waals surface area contributed by atoms with Crippen LogP contribution in [0.3, 0.4) is 0 Å². The van der Waals surface area contributed by atoms with E-state index in [1.54, 1.807) is 12.4 Å². The number of rotatable bonds is 4. The third kappa shape index (κ3) is 4.68. The highest BCUT2D eigenvalue weighted by molar-refractivity contribution is 7.99. The first-order valence-electron chi connectivity index (χ1n) is 6.12. The van der Waals surface area contributed by atoms with E-state index in [4.69, 9.17) is 5.73 Å². The Morgan fingerprint density at radius 2 is 1.81 bits per heavy atom. The van der Waals surface area contributed by atoms with Gasteiger partial charge in [0, 0.05) is 24.6 Å². The summed E-state index contributed by atoms with van der Waals surface area (Å²) in [4.78, 5) is 12.0. The van der Waals surface area contributed by atoms with Crippen molar-refractivity contribution in [3.63, 3.8) is 0 Å². The fraction of sp³-hybridized carbons (Fsp3) is 0.308. The van der Waals surface area contributed by atoms with Gasteiger partial charge in [0.05, 0.1) is 5.56 Å². The molecule has 112 valence electrons. The molecule has 0 spiro atoms. The van der Waals surface area contributed by atoms with Crippen LogP contribution in [-0.4, -0.2) is 21.0 Å². The molecule has 4 nitrogen and oxygen atoms in total. The first-order chi connectivity index (χ1) is 9.84. The van der Waals surface area contributed by atoms with Crippen molar-refractivity contribution >= 4 is 11.8 Å². The van der Waals surface area contributed by atoms with Gasteiger partial charge in [-0.1, -0.05) is 0 Å². The molecular weight excluding hydrogens is 301 g/mol. The van der Waals surface area contributed by atoms with Gasteiger partial charge in [0.2, 0.25) is 0 Å². The average Bonchev–Trinajstić information content (AvgIpc) is 2.40. The fourth-order valence-corrected chi connectivity index (χ4v) is 2.21. The molecule has 2 aromatic heterocycles. The molecule has 1 atom stereocenters. The second-order valence-electron chi connectivity index (χ2n) is 4.54. The number of hydrogen-bond donors (Lipinski definition) is 1. The number of hydrogen-bond acceptors (Lipinski definition) is 5. The van der Waals surface area contributed by atoms with Crippen LogP contribution in [0.25, 0.3) is 0 Å². The van der Waals surface area contributed by atoms with Crippen LogP contribution in [0.2, 0.25) is 0 Å². The van der Waals surface area contributed by atoms with Crippen LogP contribution in [0.5, 0.6) is 0 Å². The summed E-state index contributed by atoms with van der Waals surface area (Å²) in [6.07, 6.45) is 0.398. The normalized spacial score (nSPS) is 13.2. The van der Waals surface area contributed by atoms with Crippen molar-refractivity contribution in [2.45, 2.75) is 35.7 Å². The summed E-state index contributed by atoms with van der Waals surface area (Å²) in [5.41, 5.74) is 5.81. The molecule has 0 bridgehead atoms. The predicted molar refractivity (Wildman–Crippen MR) is 72.7 cm³/mol. The van der Waals surface area contributed by atoms with Crippen LogP contribution >= 0.6 is 11.8 Å². The summed E-state index contributed by atoms with van der Waals surface area (Å²) in [7, 11) is 0. The molecular formula is C13H13F3N4S. The molecule has 0 radical (unpaired) electrons. The first kappa shape index (κ1) is 15.7. The van der Waals surface area contributed by atoms with E-state index in [-0.39, 0.29) is 6.04 Å². The summed E-state index contributed by atoms with van der Waals surface area (Å²) in [5.74, 6) is 0. The topological polar surface area (TPSA) is 64.7 Å². The van der Waals surface area contributed by atoms with E-state index in [1.165, 1.54) is 6.07 Å². The van der Waals surface area contributed by atoms with Crippen LogP contribution in [0.15, 0.2) is 40.9 Å². The molecule has 0 fully saturated rings. The highest BCUT2D eigenvalue weighted by atomic mass is 32.2. The number of nitrogens with two attached hydrogens (primary N) is 1. The standard InChI is InChI=1S/C13H13F3N4S/c1-8(17)4-9-5-19-12(20-6-9)21-11-3-2-10(7-18-11)13(14,15)16/h2-3,5-8H,4,17H2,1H3. The van der Waals surface area contributed by atoms with Crippen LogP contribution in [0.1, 0.15) is 18.1 Å². The molecule has 0 aliphatic carbocycles. The third-order valence-corrected chi connectivity index (χ3v) is 3.34. The fourth-order valence-electron chi connectivity index (χ4n) is 1.57. The van der Waals surface area contributed by atoms with E-state index >= 15 is 0 Å². The highest BCUT2D eigenvalue weighted by Crippen LogP contribution is 2.30. The van der Waals surface area contributed by atoms with Gasteiger partial charge in [-0.2, -0.15) is 13.2 Å². The molecule has 8 heteroatoms. The van der Waals surface area contributed by atoms with E-state index in [2.05, 4.69) is 15.0 Å². The van der Waals surface area contributed by atoms with Crippen LogP contribution in [0.4, 0.5) is 13.2 Å². The van der Waals surface area contributed by atoms with Gasteiger partial charge in [-0.15, -0.1) is 0 Å². The molecule has 2 aromatic rings. The predicted octanol–water partition coefficient (Wildman–Crippen LogP) is 2.93. The zero-order valence-electron chi connectivity index (χ0n) is 11.1. The lowest BCUT2D eigenvalue weighted by Crippen LogP contribution is -2.17. The SMILES string of the molecule is CC(N)Cc1cnc(Sc2ccc(C(F)(F)F)cn2)nc1. The van der Waals surface area contributed by atoms with Gasteiger partial charge in [0.15, 0.2) is 5.16 Å². The smallest absolute Gasteiger partial charge is 0.328 e. The Morgan fingerprint density at radius 3 is 2.29 bits per heavy atom. The molecule has 0 aromatic carbocycles. The summed E-state index contributed by atoms with van der Waals surface area (Å²) in [6.45, 7) is 1.88. The van der Waals surface area contributed by atoms with Crippen molar-refractivity contribution in [2.75, 3.05) is 0 Å². The molecule has 0 amide bonds. The van der Waals surface area contributed by atoms with Crippen molar-refractivity contribution in [3.05, 3.63) is 41.9 Å². The molecule has 1 unspecified atom stereocenters. The zero-order chi connectivity index (χ0) is 15.5. The lowest BCUT2D eigenvalue weighted by Gasteiger charge is -2.07. The van der Waals surface area contributed by atoms with E-state index in [0.29, 0.717) is 16.6 Å². The molecule has 0 saturated carbocycles. The van der Waals surface area contributed by atoms with Crippen LogP contribution < -0.4 is 5.73 Å².